The lowest BCUT2D eigenvalue weighted by Crippen LogP contribution is -2.28. The number of sulfonamides is 2. The number of halogens is 2. The number of nitrogens with zero attached hydrogens (tertiary/aromatic N) is 1. The van der Waals surface area contributed by atoms with Crippen LogP contribution in [0.5, 0.6) is 11.5 Å². The van der Waals surface area contributed by atoms with E-state index in [0.717, 1.165) is 12.8 Å². The van der Waals surface area contributed by atoms with Crippen LogP contribution in [0.1, 0.15) is 18.4 Å². The Morgan fingerprint density at radius 2 is 1.59 bits per heavy atom. The number of rotatable bonds is 10. The molecule has 0 aromatic heterocycles. The molecular weight excluding hydrogens is 466 g/mol. The SMILES string of the molecule is COc1cc(CCNS(=O)(=O)c2ccc(S(=O)(=O)N3CCCC3)cc2)ccc1OC(F)F. The zero-order chi connectivity index (χ0) is 23.4. The number of methoxy groups -OCH3 is 1. The van der Waals surface area contributed by atoms with Crippen LogP contribution in [0.3, 0.4) is 0 Å². The average molecular weight is 491 g/mol. The van der Waals surface area contributed by atoms with Crippen molar-refractivity contribution in [3.8, 4) is 11.5 Å². The number of ether oxygens (including phenoxy) is 2. The molecule has 8 nitrogen and oxygen atoms in total. The first kappa shape index (κ1) is 24.4. The summed E-state index contributed by atoms with van der Waals surface area (Å²) in [6, 6.07) is 9.43. The van der Waals surface area contributed by atoms with Gasteiger partial charge in [0.05, 0.1) is 16.9 Å². The Morgan fingerprint density at radius 1 is 0.969 bits per heavy atom. The molecule has 0 atom stereocenters. The average Bonchev–Trinajstić information content (AvgIpc) is 3.30. The Bertz CT molecular complexity index is 1130. The van der Waals surface area contributed by atoms with Crippen LogP contribution in [-0.2, 0) is 26.5 Å². The van der Waals surface area contributed by atoms with Gasteiger partial charge in [-0.15, -0.1) is 0 Å². The van der Waals surface area contributed by atoms with Crippen LogP contribution < -0.4 is 14.2 Å². The number of hydrogen-bond donors (Lipinski definition) is 1. The number of benzene rings is 2. The lowest BCUT2D eigenvalue weighted by molar-refractivity contribution is -0.0512. The van der Waals surface area contributed by atoms with Gasteiger partial charge in [0.25, 0.3) is 0 Å². The highest BCUT2D eigenvalue weighted by Crippen LogP contribution is 2.29. The Hall–Kier alpha value is -2.28. The normalized spacial score (nSPS) is 15.2. The van der Waals surface area contributed by atoms with Crippen molar-refractivity contribution in [3.63, 3.8) is 0 Å². The summed E-state index contributed by atoms with van der Waals surface area (Å²) in [6.45, 7) is -2.03. The molecule has 0 bridgehead atoms. The molecule has 0 aliphatic carbocycles. The Morgan fingerprint density at radius 3 is 2.19 bits per heavy atom. The predicted molar refractivity (Wildman–Crippen MR) is 113 cm³/mol. The molecule has 32 heavy (non-hydrogen) atoms. The van der Waals surface area contributed by atoms with Gasteiger partial charge in [-0.2, -0.15) is 13.1 Å². The van der Waals surface area contributed by atoms with E-state index in [1.807, 2.05) is 0 Å². The zero-order valence-corrected chi connectivity index (χ0v) is 19.0. The van der Waals surface area contributed by atoms with Gasteiger partial charge in [-0.05, 0) is 61.2 Å². The molecule has 1 aliphatic heterocycles. The first-order valence-electron chi connectivity index (χ1n) is 9.85. The summed E-state index contributed by atoms with van der Waals surface area (Å²) in [4.78, 5) is -0.00677. The second-order valence-electron chi connectivity index (χ2n) is 7.09. The molecule has 0 radical (unpaired) electrons. The van der Waals surface area contributed by atoms with Gasteiger partial charge in [0.15, 0.2) is 11.5 Å². The van der Waals surface area contributed by atoms with Crippen molar-refractivity contribution in [1.82, 2.24) is 9.03 Å². The third-order valence-corrected chi connectivity index (χ3v) is 8.38. The summed E-state index contributed by atoms with van der Waals surface area (Å²) in [6.07, 6.45) is 1.89. The lowest BCUT2D eigenvalue weighted by atomic mass is 10.1. The van der Waals surface area contributed by atoms with Crippen LogP contribution in [0.15, 0.2) is 52.3 Å². The van der Waals surface area contributed by atoms with E-state index in [9.17, 15) is 25.6 Å². The topological polar surface area (TPSA) is 102 Å². The predicted octanol–water partition coefficient (Wildman–Crippen LogP) is 2.60. The molecule has 2 aromatic carbocycles. The molecule has 3 rings (SSSR count). The van der Waals surface area contributed by atoms with E-state index in [-0.39, 0.29) is 34.3 Å². The van der Waals surface area contributed by atoms with Crippen molar-refractivity contribution in [2.75, 3.05) is 26.7 Å². The van der Waals surface area contributed by atoms with Gasteiger partial charge < -0.3 is 9.47 Å². The summed E-state index contributed by atoms with van der Waals surface area (Å²) in [7, 11) is -6.17. The maximum Gasteiger partial charge on any atom is 0.387 e. The number of hydrogen-bond acceptors (Lipinski definition) is 6. The van der Waals surface area contributed by atoms with Crippen molar-refractivity contribution >= 4 is 20.0 Å². The van der Waals surface area contributed by atoms with Crippen LogP contribution in [0.2, 0.25) is 0 Å². The molecule has 176 valence electrons. The smallest absolute Gasteiger partial charge is 0.387 e. The molecule has 12 heteroatoms. The molecule has 0 saturated carbocycles. The summed E-state index contributed by atoms with van der Waals surface area (Å²) in [5.41, 5.74) is 0.651. The second kappa shape index (κ2) is 10.1. The largest absolute Gasteiger partial charge is 0.493 e. The number of nitrogens with one attached hydrogen (secondary N) is 1. The van der Waals surface area contributed by atoms with Crippen LogP contribution in [0.25, 0.3) is 0 Å². The number of alkyl halides is 2. The molecule has 1 saturated heterocycles. The highest BCUT2D eigenvalue weighted by Gasteiger charge is 2.27. The van der Waals surface area contributed by atoms with Crippen LogP contribution in [-0.4, -0.2) is 54.5 Å². The quantitative estimate of drug-likeness (QED) is 0.549. The summed E-state index contributed by atoms with van der Waals surface area (Å²) in [5.74, 6) is -0.00346. The maximum absolute atomic E-state index is 12.6. The monoisotopic (exact) mass is 490 g/mol. The Labute approximate surface area is 186 Å². The second-order valence-corrected chi connectivity index (χ2v) is 10.8. The van der Waals surface area contributed by atoms with E-state index in [2.05, 4.69) is 9.46 Å². The summed E-state index contributed by atoms with van der Waals surface area (Å²) in [5, 5.41) is 0. The molecule has 1 fully saturated rings. The van der Waals surface area contributed by atoms with Gasteiger partial charge >= 0.3 is 6.61 Å². The van der Waals surface area contributed by atoms with Gasteiger partial charge in [-0.25, -0.2) is 21.6 Å². The van der Waals surface area contributed by atoms with Crippen molar-refractivity contribution in [3.05, 3.63) is 48.0 Å². The third-order valence-electron chi connectivity index (χ3n) is 4.99. The van der Waals surface area contributed by atoms with Crippen molar-refractivity contribution in [2.45, 2.75) is 35.7 Å². The fourth-order valence-electron chi connectivity index (χ4n) is 3.34. The van der Waals surface area contributed by atoms with Gasteiger partial charge in [-0.1, -0.05) is 6.07 Å². The van der Waals surface area contributed by atoms with E-state index >= 15 is 0 Å². The lowest BCUT2D eigenvalue weighted by Gasteiger charge is -2.15. The fourth-order valence-corrected chi connectivity index (χ4v) is 5.89. The van der Waals surface area contributed by atoms with E-state index in [0.29, 0.717) is 18.7 Å². The molecular formula is C20H24F2N2O6S2. The standard InChI is InChI=1S/C20H24F2N2O6S2/c1-29-19-14-15(4-9-18(19)30-20(21)22)10-11-23-31(25,26)16-5-7-17(8-6-16)32(27,28)24-12-2-3-13-24/h4-9,14,20,23H,2-3,10-13H2,1H3. The minimum atomic E-state index is -3.87. The van der Waals surface area contributed by atoms with E-state index in [4.69, 9.17) is 4.74 Å². The molecule has 0 unspecified atom stereocenters. The van der Waals surface area contributed by atoms with E-state index in [1.54, 1.807) is 0 Å². The van der Waals surface area contributed by atoms with Crippen LogP contribution in [0.4, 0.5) is 8.78 Å². The van der Waals surface area contributed by atoms with Gasteiger partial charge in [-0.3, -0.25) is 0 Å². The minimum Gasteiger partial charge on any atom is -0.493 e. The van der Waals surface area contributed by atoms with Crippen molar-refractivity contribution < 1.29 is 35.1 Å². The fraction of sp³-hybridized carbons (Fsp3) is 0.400. The molecule has 1 N–H and O–H groups in total. The molecule has 1 heterocycles. The molecule has 2 aromatic rings. The third kappa shape index (κ3) is 5.74. The summed E-state index contributed by atoms with van der Waals surface area (Å²) >= 11 is 0. The van der Waals surface area contributed by atoms with Gasteiger partial charge in [0.2, 0.25) is 20.0 Å². The van der Waals surface area contributed by atoms with E-state index < -0.39 is 26.7 Å². The van der Waals surface area contributed by atoms with Crippen molar-refractivity contribution in [1.29, 1.82) is 0 Å². The molecule has 1 aliphatic rings. The first-order chi connectivity index (χ1) is 15.1. The minimum absolute atomic E-state index is 0.0361. The first-order valence-corrected chi connectivity index (χ1v) is 12.8. The molecule has 0 spiro atoms. The maximum atomic E-state index is 12.6. The Kier molecular flexibility index (Phi) is 7.70. The summed E-state index contributed by atoms with van der Waals surface area (Å²) < 4.78 is 88.2. The van der Waals surface area contributed by atoms with Crippen LogP contribution >= 0.6 is 0 Å². The molecule has 0 amide bonds. The van der Waals surface area contributed by atoms with Crippen LogP contribution in [0, 0.1) is 0 Å². The van der Waals surface area contributed by atoms with Crippen molar-refractivity contribution in [2.24, 2.45) is 0 Å². The highest BCUT2D eigenvalue weighted by molar-refractivity contribution is 7.89. The Balaban J connectivity index is 1.63. The highest BCUT2D eigenvalue weighted by atomic mass is 32.2. The van der Waals surface area contributed by atoms with Gasteiger partial charge in [0.1, 0.15) is 0 Å². The van der Waals surface area contributed by atoms with Gasteiger partial charge in [0, 0.05) is 19.6 Å². The zero-order valence-electron chi connectivity index (χ0n) is 17.3. The van der Waals surface area contributed by atoms with E-state index in [1.165, 1.54) is 53.9 Å².